The van der Waals surface area contributed by atoms with Crippen molar-refractivity contribution in [3.8, 4) is 0 Å². The molecule has 0 saturated carbocycles. The Kier molecular flexibility index (Phi) is 3.97. The van der Waals surface area contributed by atoms with Crippen molar-refractivity contribution in [2.45, 2.75) is 77.8 Å². The first-order valence-corrected chi connectivity index (χ1v) is 6.43. The molecule has 4 nitrogen and oxygen atoms in total. The van der Waals surface area contributed by atoms with Gasteiger partial charge in [0, 0.05) is 7.11 Å². The SMILES string of the molecule is COC(C)(C)C(C)(C)OB1OC(C)(C)C(C)(C)O1. The molecule has 0 radical (unpaired) electrons. The molecule has 0 aromatic carbocycles. The molecule has 0 unspecified atom stereocenters. The van der Waals surface area contributed by atoms with Crippen LogP contribution in [0.3, 0.4) is 0 Å². The van der Waals surface area contributed by atoms with Gasteiger partial charge >= 0.3 is 7.32 Å². The summed E-state index contributed by atoms with van der Waals surface area (Å²) in [6, 6.07) is 0. The van der Waals surface area contributed by atoms with Gasteiger partial charge in [-0.15, -0.1) is 0 Å². The van der Waals surface area contributed by atoms with Gasteiger partial charge in [0.05, 0.1) is 22.4 Å². The Labute approximate surface area is 111 Å². The van der Waals surface area contributed by atoms with Crippen LogP contribution in [-0.4, -0.2) is 36.8 Å². The fourth-order valence-electron chi connectivity index (χ4n) is 1.47. The molecular formula is C13H27BO4. The lowest BCUT2D eigenvalue weighted by Gasteiger charge is -2.40. The Bertz CT molecular complexity index is 294. The Morgan fingerprint density at radius 1 is 0.833 bits per heavy atom. The molecule has 0 spiro atoms. The molecule has 0 aliphatic carbocycles. The van der Waals surface area contributed by atoms with Crippen molar-refractivity contribution in [1.29, 1.82) is 0 Å². The highest BCUT2D eigenvalue weighted by Crippen LogP contribution is 2.39. The third kappa shape index (κ3) is 2.74. The highest BCUT2D eigenvalue weighted by atomic mass is 16.8. The van der Waals surface area contributed by atoms with Crippen LogP contribution in [0.1, 0.15) is 55.4 Å². The zero-order valence-electron chi connectivity index (χ0n) is 13.2. The summed E-state index contributed by atoms with van der Waals surface area (Å²) in [4.78, 5) is 0. The van der Waals surface area contributed by atoms with Gasteiger partial charge < -0.3 is 18.7 Å². The zero-order chi connectivity index (χ0) is 14.4. The van der Waals surface area contributed by atoms with Crippen LogP contribution in [0.25, 0.3) is 0 Å². The summed E-state index contributed by atoms with van der Waals surface area (Å²) >= 11 is 0. The predicted octanol–water partition coefficient (Wildman–Crippen LogP) is 2.80. The van der Waals surface area contributed by atoms with E-state index in [0.717, 1.165) is 0 Å². The zero-order valence-corrected chi connectivity index (χ0v) is 13.2. The topological polar surface area (TPSA) is 36.9 Å². The second kappa shape index (κ2) is 4.48. The Hall–Kier alpha value is -0.0951. The lowest BCUT2D eigenvalue weighted by molar-refractivity contribution is -0.131. The molecule has 1 aliphatic heterocycles. The average molecular weight is 258 g/mol. The first-order valence-electron chi connectivity index (χ1n) is 6.43. The maximum atomic E-state index is 5.96. The third-order valence-electron chi connectivity index (χ3n) is 4.58. The monoisotopic (exact) mass is 258 g/mol. The molecular weight excluding hydrogens is 231 g/mol. The summed E-state index contributed by atoms with van der Waals surface area (Å²) < 4.78 is 23.1. The van der Waals surface area contributed by atoms with Gasteiger partial charge in [0.2, 0.25) is 0 Å². The average Bonchev–Trinajstić information content (AvgIpc) is 2.33. The number of ether oxygens (including phenoxy) is 1. The van der Waals surface area contributed by atoms with Crippen LogP contribution in [0.15, 0.2) is 0 Å². The number of hydrogen-bond donors (Lipinski definition) is 0. The summed E-state index contributed by atoms with van der Waals surface area (Å²) in [5.41, 5.74) is -1.73. The summed E-state index contributed by atoms with van der Waals surface area (Å²) in [6.45, 7) is 15.9. The van der Waals surface area contributed by atoms with Crippen LogP contribution in [0, 0.1) is 0 Å². The second-order valence-electron chi connectivity index (χ2n) is 6.89. The molecule has 1 fully saturated rings. The molecule has 0 N–H and O–H groups in total. The summed E-state index contributed by atoms with van der Waals surface area (Å²) in [7, 11) is 1.01. The summed E-state index contributed by atoms with van der Waals surface area (Å²) in [6.07, 6.45) is 0. The highest BCUT2D eigenvalue weighted by molar-refractivity contribution is 6.37. The minimum absolute atomic E-state index is 0.384. The van der Waals surface area contributed by atoms with E-state index in [2.05, 4.69) is 0 Å². The number of hydrogen-bond acceptors (Lipinski definition) is 4. The van der Waals surface area contributed by atoms with Crippen LogP contribution < -0.4 is 0 Å². The minimum atomic E-state index is -0.667. The molecule has 0 atom stereocenters. The van der Waals surface area contributed by atoms with Crippen molar-refractivity contribution in [2.75, 3.05) is 7.11 Å². The van der Waals surface area contributed by atoms with Gasteiger partial charge in [0.15, 0.2) is 0 Å². The first kappa shape index (κ1) is 16.0. The van der Waals surface area contributed by atoms with Crippen LogP contribution in [0.4, 0.5) is 0 Å². The summed E-state index contributed by atoms with van der Waals surface area (Å²) in [5, 5.41) is 0. The van der Waals surface area contributed by atoms with Gasteiger partial charge in [-0.05, 0) is 55.4 Å². The molecule has 0 aromatic rings. The van der Waals surface area contributed by atoms with Gasteiger partial charge in [-0.25, -0.2) is 0 Å². The van der Waals surface area contributed by atoms with Crippen molar-refractivity contribution in [3.63, 3.8) is 0 Å². The molecule has 0 aromatic heterocycles. The van der Waals surface area contributed by atoms with E-state index in [1.165, 1.54) is 0 Å². The van der Waals surface area contributed by atoms with Crippen LogP contribution in [0.5, 0.6) is 0 Å². The number of methoxy groups -OCH3 is 1. The normalized spacial score (nSPS) is 23.5. The van der Waals surface area contributed by atoms with Gasteiger partial charge in [-0.3, -0.25) is 0 Å². The third-order valence-corrected chi connectivity index (χ3v) is 4.58. The maximum absolute atomic E-state index is 5.96. The molecule has 106 valence electrons. The Morgan fingerprint density at radius 2 is 1.22 bits per heavy atom. The van der Waals surface area contributed by atoms with Crippen LogP contribution in [-0.2, 0) is 18.7 Å². The predicted molar refractivity (Wildman–Crippen MR) is 72.3 cm³/mol. The van der Waals surface area contributed by atoms with Crippen LogP contribution >= 0.6 is 0 Å². The minimum Gasteiger partial charge on any atom is -0.378 e. The van der Waals surface area contributed by atoms with Crippen molar-refractivity contribution in [1.82, 2.24) is 0 Å². The standard InChI is InChI=1S/C13H27BO4/c1-10(2,15-9)11(3,4)16-14-17-12(5,6)13(7,8)18-14/h1-9H3. The molecule has 0 bridgehead atoms. The van der Waals surface area contributed by atoms with E-state index in [1.807, 2.05) is 55.4 Å². The van der Waals surface area contributed by atoms with E-state index in [9.17, 15) is 0 Å². The van der Waals surface area contributed by atoms with E-state index in [-0.39, 0.29) is 11.2 Å². The molecule has 1 saturated heterocycles. The van der Waals surface area contributed by atoms with E-state index in [0.29, 0.717) is 0 Å². The smallest absolute Gasteiger partial charge is 0.378 e. The lowest BCUT2D eigenvalue weighted by Crippen LogP contribution is -2.52. The van der Waals surface area contributed by atoms with Gasteiger partial charge in [-0.2, -0.15) is 0 Å². The van der Waals surface area contributed by atoms with E-state index in [4.69, 9.17) is 18.7 Å². The Morgan fingerprint density at radius 3 is 1.56 bits per heavy atom. The molecule has 18 heavy (non-hydrogen) atoms. The van der Waals surface area contributed by atoms with Crippen LogP contribution in [0.2, 0.25) is 0 Å². The van der Waals surface area contributed by atoms with Gasteiger partial charge in [0.1, 0.15) is 0 Å². The summed E-state index contributed by atoms with van der Waals surface area (Å²) in [5.74, 6) is 0. The Balaban J connectivity index is 2.77. The molecule has 1 aliphatic rings. The van der Waals surface area contributed by atoms with E-state index < -0.39 is 18.5 Å². The fourth-order valence-corrected chi connectivity index (χ4v) is 1.47. The largest absolute Gasteiger partial charge is 0.640 e. The van der Waals surface area contributed by atoms with E-state index >= 15 is 0 Å². The molecule has 5 heteroatoms. The maximum Gasteiger partial charge on any atom is 0.640 e. The lowest BCUT2D eigenvalue weighted by atomic mass is 9.87. The molecule has 1 heterocycles. The fraction of sp³-hybridized carbons (Fsp3) is 1.00. The van der Waals surface area contributed by atoms with Crippen molar-refractivity contribution in [3.05, 3.63) is 0 Å². The van der Waals surface area contributed by atoms with Gasteiger partial charge in [0.25, 0.3) is 0 Å². The molecule has 0 amide bonds. The van der Waals surface area contributed by atoms with Crippen molar-refractivity contribution >= 4 is 7.32 Å². The molecule has 1 rings (SSSR count). The first-order chi connectivity index (χ1) is 7.85. The van der Waals surface area contributed by atoms with E-state index in [1.54, 1.807) is 7.11 Å². The van der Waals surface area contributed by atoms with Gasteiger partial charge in [-0.1, -0.05) is 0 Å². The second-order valence-corrected chi connectivity index (χ2v) is 6.89. The van der Waals surface area contributed by atoms with Crippen molar-refractivity contribution < 1.29 is 18.7 Å². The number of rotatable bonds is 4. The quantitative estimate of drug-likeness (QED) is 0.726. The highest BCUT2D eigenvalue weighted by Gasteiger charge is 2.55. The van der Waals surface area contributed by atoms with Crippen molar-refractivity contribution in [2.24, 2.45) is 0 Å².